The second kappa shape index (κ2) is 8.45. The first kappa shape index (κ1) is 20.5. The summed E-state index contributed by atoms with van der Waals surface area (Å²) in [7, 11) is 0. The molecule has 0 aromatic carbocycles. The van der Waals surface area contributed by atoms with Crippen LogP contribution in [0.3, 0.4) is 0 Å². The van der Waals surface area contributed by atoms with Gasteiger partial charge in [0.05, 0.1) is 5.39 Å². The van der Waals surface area contributed by atoms with E-state index in [0.29, 0.717) is 18.1 Å². The van der Waals surface area contributed by atoms with E-state index in [0.717, 1.165) is 51.3 Å². The summed E-state index contributed by atoms with van der Waals surface area (Å²) >= 11 is 0. The molecule has 1 aliphatic carbocycles. The van der Waals surface area contributed by atoms with Gasteiger partial charge in [0.25, 0.3) is 0 Å². The van der Waals surface area contributed by atoms with Gasteiger partial charge in [-0.05, 0) is 57.2 Å². The van der Waals surface area contributed by atoms with Gasteiger partial charge in [0, 0.05) is 18.8 Å². The van der Waals surface area contributed by atoms with Crippen LogP contribution in [0.4, 0.5) is 10.2 Å². The van der Waals surface area contributed by atoms with Crippen molar-refractivity contribution in [3.05, 3.63) is 33.9 Å². The third-order valence-corrected chi connectivity index (χ3v) is 5.43. The van der Waals surface area contributed by atoms with E-state index in [-0.39, 0.29) is 35.2 Å². The Bertz CT molecular complexity index is 939. The van der Waals surface area contributed by atoms with E-state index in [9.17, 15) is 19.1 Å². The number of anilines is 1. The highest BCUT2D eigenvalue weighted by Gasteiger charge is 2.28. The number of halogens is 2. The molecule has 9 heteroatoms. The largest absolute Gasteiger partial charge is 0.477 e. The van der Waals surface area contributed by atoms with Gasteiger partial charge >= 0.3 is 5.97 Å². The summed E-state index contributed by atoms with van der Waals surface area (Å²) < 4.78 is 16.2. The summed E-state index contributed by atoms with van der Waals surface area (Å²) in [6.07, 6.45) is 6.31. The number of rotatable bonds is 6. The average molecular weight is 411 g/mol. The zero-order valence-electron chi connectivity index (χ0n) is 15.4. The van der Waals surface area contributed by atoms with Crippen molar-refractivity contribution < 1.29 is 14.3 Å². The van der Waals surface area contributed by atoms with Crippen LogP contribution >= 0.6 is 12.4 Å². The van der Waals surface area contributed by atoms with Crippen molar-refractivity contribution in [3.63, 3.8) is 0 Å². The molecule has 1 aliphatic heterocycles. The topological polar surface area (TPSA) is 96.2 Å². The van der Waals surface area contributed by atoms with E-state index in [1.54, 1.807) is 4.57 Å². The molecule has 1 saturated carbocycles. The van der Waals surface area contributed by atoms with E-state index in [1.165, 1.54) is 6.20 Å². The van der Waals surface area contributed by atoms with Crippen LogP contribution in [-0.2, 0) is 0 Å². The smallest absolute Gasteiger partial charge is 0.341 e. The second-order valence-corrected chi connectivity index (χ2v) is 7.41. The first-order chi connectivity index (χ1) is 13.0. The molecule has 7 nitrogen and oxygen atoms in total. The molecule has 2 aliphatic rings. The Labute approximate surface area is 167 Å². The van der Waals surface area contributed by atoms with Crippen LogP contribution in [0.1, 0.15) is 48.5 Å². The number of aromatic nitrogens is 2. The maximum atomic E-state index is 14.5. The number of pyridine rings is 2. The molecule has 0 bridgehead atoms. The number of carbonyl (C=O) groups is 1. The normalized spacial score (nSPS) is 17.3. The van der Waals surface area contributed by atoms with Crippen LogP contribution in [0.25, 0.3) is 11.0 Å². The highest BCUT2D eigenvalue weighted by atomic mass is 35.5. The number of hydrogen-bond donors (Lipinski definition) is 3. The van der Waals surface area contributed by atoms with Crippen molar-refractivity contribution in [1.82, 2.24) is 14.9 Å². The van der Waals surface area contributed by atoms with Crippen LogP contribution in [0.15, 0.2) is 17.1 Å². The molecular formula is C19H24ClFN4O3. The zero-order chi connectivity index (χ0) is 19.0. The third kappa shape index (κ3) is 4.12. The quantitative estimate of drug-likeness (QED) is 0.677. The van der Waals surface area contributed by atoms with E-state index in [1.807, 2.05) is 0 Å². The van der Waals surface area contributed by atoms with Gasteiger partial charge in [-0.1, -0.05) is 0 Å². The van der Waals surface area contributed by atoms with E-state index < -0.39 is 17.2 Å². The number of carboxylic acid groups (broad SMARTS) is 1. The summed E-state index contributed by atoms with van der Waals surface area (Å²) in [6, 6.07) is 1.23. The van der Waals surface area contributed by atoms with Crippen LogP contribution in [0, 0.1) is 11.7 Å². The number of piperidine rings is 1. The molecule has 3 N–H and O–H groups in total. The molecule has 4 rings (SSSR count). The minimum Gasteiger partial charge on any atom is -0.477 e. The highest BCUT2D eigenvalue weighted by Crippen LogP contribution is 2.37. The molecular weight excluding hydrogens is 387 g/mol. The summed E-state index contributed by atoms with van der Waals surface area (Å²) in [4.78, 5) is 28.1. The van der Waals surface area contributed by atoms with Crippen molar-refractivity contribution in [3.8, 4) is 0 Å². The Kier molecular flexibility index (Phi) is 6.20. The maximum absolute atomic E-state index is 14.5. The van der Waals surface area contributed by atoms with Crippen molar-refractivity contribution in [2.75, 3.05) is 25.0 Å². The summed E-state index contributed by atoms with van der Waals surface area (Å²) in [5.41, 5.74) is -0.692. The van der Waals surface area contributed by atoms with Crippen LogP contribution in [0.5, 0.6) is 0 Å². The third-order valence-electron chi connectivity index (χ3n) is 5.43. The molecule has 152 valence electrons. The predicted octanol–water partition coefficient (Wildman–Crippen LogP) is 2.79. The van der Waals surface area contributed by atoms with Gasteiger partial charge in [-0.25, -0.2) is 14.2 Å². The molecule has 2 fully saturated rings. The minimum absolute atomic E-state index is 0. The fourth-order valence-electron chi connectivity index (χ4n) is 3.72. The minimum atomic E-state index is -1.30. The SMILES string of the molecule is Cl.O=C(O)c1cn(C2CC2)c2nc(NCCC3CCNCC3)c(F)cc2c1=O. The number of hydrogen-bond acceptors (Lipinski definition) is 5. The zero-order valence-corrected chi connectivity index (χ0v) is 16.2. The lowest BCUT2D eigenvalue weighted by molar-refractivity contribution is 0.0695. The summed E-state index contributed by atoms with van der Waals surface area (Å²) in [5.74, 6) is -1.20. The average Bonchev–Trinajstić information content (AvgIpc) is 3.49. The van der Waals surface area contributed by atoms with Crippen LogP contribution in [0.2, 0.25) is 0 Å². The molecule has 2 aromatic rings. The van der Waals surface area contributed by atoms with Gasteiger partial charge in [-0.3, -0.25) is 4.79 Å². The molecule has 0 amide bonds. The first-order valence-electron chi connectivity index (χ1n) is 9.48. The van der Waals surface area contributed by atoms with Crippen molar-refractivity contribution in [2.24, 2.45) is 5.92 Å². The Morgan fingerprint density at radius 2 is 2.04 bits per heavy atom. The lowest BCUT2D eigenvalue weighted by atomic mass is 9.95. The lowest BCUT2D eigenvalue weighted by Gasteiger charge is -2.22. The Balaban J connectivity index is 0.00000225. The van der Waals surface area contributed by atoms with Crippen molar-refractivity contribution in [2.45, 2.75) is 38.1 Å². The van der Waals surface area contributed by atoms with Gasteiger partial charge in [0.1, 0.15) is 11.2 Å². The standard InChI is InChI=1S/C19H23FN4O3.ClH/c20-15-9-13-16(25)14(19(26)27)10-24(12-1-2-12)18(13)23-17(15)22-8-5-11-3-6-21-7-4-11;/h9-12,21H,1-8H2,(H,22,23)(H,26,27);1H. The molecule has 0 radical (unpaired) electrons. The molecule has 0 spiro atoms. The Morgan fingerprint density at radius 3 is 2.68 bits per heavy atom. The fourth-order valence-corrected chi connectivity index (χ4v) is 3.72. The first-order valence-corrected chi connectivity index (χ1v) is 9.48. The number of nitrogens with zero attached hydrogens (tertiary/aromatic N) is 2. The van der Waals surface area contributed by atoms with Crippen LogP contribution in [-0.4, -0.2) is 40.3 Å². The van der Waals surface area contributed by atoms with Crippen molar-refractivity contribution >= 4 is 35.2 Å². The van der Waals surface area contributed by atoms with E-state index in [2.05, 4.69) is 15.6 Å². The summed E-state index contributed by atoms with van der Waals surface area (Å²) in [5, 5.41) is 15.7. The molecule has 0 unspecified atom stereocenters. The molecule has 1 saturated heterocycles. The predicted molar refractivity (Wildman–Crippen MR) is 107 cm³/mol. The number of nitrogens with one attached hydrogen (secondary N) is 2. The summed E-state index contributed by atoms with van der Waals surface area (Å²) in [6.45, 7) is 2.65. The Morgan fingerprint density at radius 1 is 1.32 bits per heavy atom. The second-order valence-electron chi connectivity index (χ2n) is 7.41. The maximum Gasteiger partial charge on any atom is 0.341 e. The van der Waals surface area contributed by atoms with Gasteiger partial charge < -0.3 is 20.3 Å². The van der Waals surface area contributed by atoms with Gasteiger partial charge in [0.2, 0.25) is 5.43 Å². The van der Waals surface area contributed by atoms with E-state index >= 15 is 0 Å². The molecule has 2 aromatic heterocycles. The number of fused-ring (bicyclic) bond motifs is 1. The number of aromatic carboxylic acids is 1. The van der Waals surface area contributed by atoms with Crippen LogP contribution < -0.4 is 16.1 Å². The lowest BCUT2D eigenvalue weighted by Crippen LogP contribution is -2.28. The van der Waals surface area contributed by atoms with E-state index in [4.69, 9.17) is 0 Å². The number of carboxylic acids is 1. The molecule has 28 heavy (non-hydrogen) atoms. The highest BCUT2D eigenvalue weighted by molar-refractivity contribution is 5.92. The molecule has 0 atom stereocenters. The van der Waals surface area contributed by atoms with Crippen molar-refractivity contribution in [1.29, 1.82) is 0 Å². The van der Waals surface area contributed by atoms with Gasteiger partial charge in [-0.15, -0.1) is 12.4 Å². The van der Waals surface area contributed by atoms with Gasteiger partial charge in [-0.2, -0.15) is 0 Å². The monoisotopic (exact) mass is 410 g/mol. The van der Waals surface area contributed by atoms with Gasteiger partial charge in [0.15, 0.2) is 11.6 Å². The molecule has 3 heterocycles. The fraction of sp³-hybridized carbons (Fsp3) is 0.526. The Hall–Kier alpha value is -2.19.